The van der Waals surface area contributed by atoms with Crippen LogP contribution in [0.3, 0.4) is 0 Å². The van der Waals surface area contributed by atoms with Crippen molar-refractivity contribution >= 4 is 43.7 Å². The molecule has 1 fully saturated rings. The minimum atomic E-state index is -4.08. The average molecular weight is 384 g/mol. The SMILES string of the molecule is O=C(O)c1cc(Br)cc(S(=O)(=O)NC2CCSC2)c1F. The van der Waals surface area contributed by atoms with Gasteiger partial charge in [0.1, 0.15) is 4.90 Å². The number of rotatable bonds is 4. The average Bonchev–Trinajstić information content (AvgIpc) is 2.83. The fourth-order valence-corrected chi connectivity index (χ4v) is 5.09. The Morgan fingerprint density at radius 1 is 1.50 bits per heavy atom. The number of hydrogen-bond donors (Lipinski definition) is 2. The second kappa shape index (κ2) is 6.00. The lowest BCUT2D eigenvalue weighted by molar-refractivity contribution is 0.0691. The van der Waals surface area contributed by atoms with Crippen LogP contribution in [0.1, 0.15) is 16.8 Å². The predicted octanol–water partition coefficient (Wildman–Crippen LogP) is 2.07. The predicted molar refractivity (Wildman–Crippen MR) is 77.1 cm³/mol. The molecule has 1 saturated heterocycles. The molecule has 1 atom stereocenters. The van der Waals surface area contributed by atoms with Gasteiger partial charge in [-0.05, 0) is 24.3 Å². The van der Waals surface area contributed by atoms with Gasteiger partial charge in [0.25, 0.3) is 0 Å². The molecule has 1 aromatic carbocycles. The zero-order chi connectivity index (χ0) is 14.9. The Balaban J connectivity index is 2.42. The largest absolute Gasteiger partial charge is 0.478 e. The van der Waals surface area contributed by atoms with Crippen molar-refractivity contribution in [3.8, 4) is 0 Å². The Kier molecular flexibility index (Phi) is 4.73. The first kappa shape index (κ1) is 15.7. The van der Waals surface area contributed by atoms with Gasteiger partial charge in [0, 0.05) is 16.3 Å². The molecule has 9 heteroatoms. The van der Waals surface area contributed by atoms with Crippen molar-refractivity contribution < 1.29 is 22.7 Å². The highest BCUT2D eigenvalue weighted by atomic mass is 79.9. The van der Waals surface area contributed by atoms with Crippen molar-refractivity contribution in [2.24, 2.45) is 0 Å². The van der Waals surface area contributed by atoms with Crippen molar-refractivity contribution in [3.63, 3.8) is 0 Å². The van der Waals surface area contributed by atoms with E-state index >= 15 is 0 Å². The van der Waals surface area contributed by atoms with Crippen LogP contribution in [0.5, 0.6) is 0 Å². The van der Waals surface area contributed by atoms with E-state index in [0.717, 1.165) is 17.9 Å². The first-order valence-electron chi connectivity index (χ1n) is 5.63. The van der Waals surface area contributed by atoms with Crippen LogP contribution in [0.2, 0.25) is 0 Å². The van der Waals surface area contributed by atoms with Gasteiger partial charge in [-0.1, -0.05) is 15.9 Å². The third-order valence-corrected chi connectivity index (χ3v) is 5.92. The Labute approximate surface area is 128 Å². The minimum Gasteiger partial charge on any atom is -0.478 e. The van der Waals surface area contributed by atoms with E-state index in [1.807, 2.05) is 0 Å². The van der Waals surface area contributed by atoms with E-state index in [2.05, 4.69) is 20.7 Å². The normalized spacial score (nSPS) is 19.2. The summed E-state index contributed by atoms with van der Waals surface area (Å²) in [4.78, 5) is 10.3. The topological polar surface area (TPSA) is 83.5 Å². The van der Waals surface area contributed by atoms with E-state index in [9.17, 15) is 17.6 Å². The lowest BCUT2D eigenvalue weighted by atomic mass is 10.2. The highest BCUT2D eigenvalue weighted by molar-refractivity contribution is 9.10. The van der Waals surface area contributed by atoms with Crippen LogP contribution in [0.4, 0.5) is 4.39 Å². The summed E-state index contributed by atoms with van der Waals surface area (Å²) in [6, 6.07) is 1.84. The number of sulfonamides is 1. The Morgan fingerprint density at radius 3 is 2.75 bits per heavy atom. The Morgan fingerprint density at radius 2 is 2.20 bits per heavy atom. The smallest absolute Gasteiger partial charge is 0.338 e. The summed E-state index contributed by atoms with van der Waals surface area (Å²) in [6.07, 6.45) is 0.672. The van der Waals surface area contributed by atoms with Crippen LogP contribution in [0.15, 0.2) is 21.5 Å². The number of aromatic carboxylic acids is 1. The quantitative estimate of drug-likeness (QED) is 0.831. The van der Waals surface area contributed by atoms with Gasteiger partial charge >= 0.3 is 5.97 Å². The van der Waals surface area contributed by atoms with Gasteiger partial charge in [0.05, 0.1) is 5.56 Å². The molecule has 1 aromatic rings. The van der Waals surface area contributed by atoms with Gasteiger partial charge in [-0.25, -0.2) is 22.3 Å². The monoisotopic (exact) mass is 383 g/mol. The number of benzene rings is 1. The molecule has 2 N–H and O–H groups in total. The summed E-state index contributed by atoms with van der Waals surface area (Å²) < 4.78 is 41.0. The van der Waals surface area contributed by atoms with Gasteiger partial charge in [-0.2, -0.15) is 11.8 Å². The number of carboxylic acids is 1. The first-order valence-corrected chi connectivity index (χ1v) is 9.07. The maximum atomic E-state index is 14.0. The molecule has 1 aliphatic rings. The molecular weight excluding hydrogens is 373 g/mol. The van der Waals surface area contributed by atoms with Crippen LogP contribution in [0, 0.1) is 5.82 Å². The van der Waals surface area contributed by atoms with E-state index in [1.54, 1.807) is 11.8 Å². The van der Waals surface area contributed by atoms with Gasteiger partial charge in [0.15, 0.2) is 5.82 Å². The molecule has 5 nitrogen and oxygen atoms in total. The number of carboxylic acid groups (broad SMARTS) is 1. The zero-order valence-corrected chi connectivity index (χ0v) is 13.3. The Bertz CT molecular complexity index is 644. The molecule has 0 radical (unpaired) electrons. The van der Waals surface area contributed by atoms with E-state index in [1.165, 1.54) is 0 Å². The maximum absolute atomic E-state index is 14.0. The van der Waals surface area contributed by atoms with Crippen molar-refractivity contribution in [1.82, 2.24) is 4.72 Å². The number of nitrogens with one attached hydrogen (secondary N) is 1. The van der Waals surface area contributed by atoms with E-state index in [-0.39, 0.29) is 10.5 Å². The van der Waals surface area contributed by atoms with Crippen molar-refractivity contribution in [2.45, 2.75) is 17.4 Å². The van der Waals surface area contributed by atoms with Crippen LogP contribution < -0.4 is 4.72 Å². The molecule has 110 valence electrons. The summed E-state index contributed by atoms with van der Waals surface area (Å²) in [7, 11) is -4.08. The third kappa shape index (κ3) is 3.33. The molecule has 0 aliphatic carbocycles. The van der Waals surface area contributed by atoms with Gasteiger partial charge in [-0.15, -0.1) is 0 Å². The lowest BCUT2D eigenvalue weighted by Crippen LogP contribution is -2.35. The lowest BCUT2D eigenvalue weighted by Gasteiger charge is -2.13. The highest BCUT2D eigenvalue weighted by Crippen LogP contribution is 2.26. The third-order valence-electron chi connectivity index (χ3n) is 2.78. The second-order valence-corrected chi connectivity index (χ2v) is 8.00. The van der Waals surface area contributed by atoms with Gasteiger partial charge in [0.2, 0.25) is 10.0 Å². The molecule has 0 saturated carbocycles. The van der Waals surface area contributed by atoms with Gasteiger partial charge in [-0.3, -0.25) is 0 Å². The molecule has 0 aromatic heterocycles. The minimum absolute atomic E-state index is 0.192. The van der Waals surface area contributed by atoms with E-state index in [0.29, 0.717) is 12.2 Å². The molecule has 20 heavy (non-hydrogen) atoms. The van der Waals surface area contributed by atoms with Crippen LogP contribution >= 0.6 is 27.7 Å². The summed E-state index contributed by atoms with van der Waals surface area (Å²) in [5.41, 5.74) is -0.680. The Hall–Kier alpha value is -0.640. The molecule has 1 heterocycles. The second-order valence-electron chi connectivity index (χ2n) is 4.25. The zero-order valence-electron chi connectivity index (χ0n) is 10.1. The maximum Gasteiger partial charge on any atom is 0.338 e. The van der Waals surface area contributed by atoms with Crippen molar-refractivity contribution in [1.29, 1.82) is 0 Å². The first-order chi connectivity index (χ1) is 9.31. The van der Waals surface area contributed by atoms with E-state index in [4.69, 9.17) is 5.11 Å². The summed E-state index contributed by atoms with van der Waals surface area (Å²) in [5, 5.41) is 8.89. The fourth-order valence-electron chi connectivity index (χ4n) is 1.83. The van der Waals surface area contributed by atoms with E-state index < -0.39 is 32.3 Å². The summed E-state index contributed by atoms with van der Waals surface area (Å²) in [5.74, 6) is -1.30. The standard InChI is InChI=1S/C11H11BrFNO4S2/c12-6-3-8(11(15)16)10(13)9(4-6)20(17,18)14-7-1-2-19-5-7/h3-4,7,14H,1-2,5H2,(H,15,16). The molecule has 1 aliphatic heterocycles. The van der Waals surface area contributed by atoms with Gasteiger partial charge < -0.3 is 5.11 Å². The fraction of sp³-hybridized carbons (Fsp3) is 0.364. The molecule has 0 bridgehead atoms. The van der Waals surface area contributed by atoms with Crippen molar-refractivity contribution in [3.05, 3.63) is 28.0 Å². The van der Waals surface area contributed by atoms with Crippen LogP contribution in [-0.4, -0.2) is 37.0 Å². The van der Waals surface area contributed by atoms with Crippen LogP contribution in [-0.2, 0) is 10.0 Å². The summed E-state index contributed by atoms with van der Waals surface area (Å²) in [6.45, 7) is 0. The molecule has 2 rings (SSSR count). The molecular formula is C11H11BrFNO4S2. The summed E-state index contributed by atoms with van der Waals surface area (Å²) >= 11 is 4.60. The number of hydrogen-bond acceptors (Lipinski definition) is 4. The van der Waals surface area contributed by atoms with Crippen LogP contribution in [0.25, 0.3) is 0 Å². The molecule has 0 spiro atoms. The highest BCUT2D eigenvalue weighted by Gasteiger charge is 2.28. The number of carbonyl (C=O) groups is 1. The number of halogens is 2. The molecule has 1 unspecified atom stereocenters. The molecule has 0 amide bonds. The number of thioether (sulfide) groups is 1. The van der Waals surface area contributed by atoms with Crippen molar-refractivity contribution in [2.75, 3.05) is 11.5 Å².